The number of nitrogens with one attached hydrogen (secondary N) is 1. The van der Waals surface area contributed by atoms with Crippen molar-refractivity contribution in [3.8, 4) is 23.0 Å². The van der Waals surface area contributed by atoms with E-state index in [4.69, 9.17) is 9.47 Å². The second-order valence-electron chi connectivity index (χ2n) is 7.87. The first kappa shape index (κ1) is 21.9. The smallest absolute Gasteiger partial charge is 0.266 e. The number of para-hydroxylation sites is 1. The van der Waals surface area contributed by atoms with Gasteiger partial charge in [-0.3, -0.25) is 14.4 Å². The van der Waals surface area contributed by atoms with E-state index in [0.29, 0.717) is 39.9 Å². The highest BCUT2D eigenvalue weighted by Gasteiger charge is 2.37. The number of nitrogens with zero attached hydrogens (tertiary/aromatic N) is 1. The molecule has 0 bridgehead atoms. The molecule has 4 aromatic rings. The number of fused-ring (bicyclic) bond motifs is 1. The van der Waals surface area contributed by atoms with Crippen LogP contribution < -0.4 is 19.7 Å². The van der Waals surface area contributed by atoms with Gasteiger partial charge in [-0.25, -0.2) is 4.90 Å². The Morgan fingerprint density at radius 2 is 1.20 bits per heavy atom. The number of anilines is 2. The number of carbonyl (C=O) groups excluding carboxylic acids is 3. The van der Waals surface area contributed by atoms with Gasteiger partial charge in [0, 0.05) is 12.6 Å². The van der Waals surface area contributed by atoms with Crippen molar-refractivity contribution in [3.63, 3.8) is 0 Å². The molecule has 0 aliphatic carbocycles. The lowest BCUT2D eigenvalue weighted by atomic mass is 10.1. The van der Waals surface area contributed by atoms with Crippen molar-refractivity contribution in [3.05, 3.63) is 108 Å². The maximum Gasteiger partial charge on any atom is 0.266 e. The van der Waals surface area contributed by atoms with Crippen LogP contribution in [0.1, 0.15) is 27.6 Å². The van der Waals surface area contributed by atoms with E-state index in [1.165, 1.54) is 6.92 Å². The highest BCUT2D eigenvalue weighted by molar-refractivity contribution is 6.34. The molecule has 1 aliphatic heterocycles. The van der Waals surface area contributed by atoms with Gasteiger partial charge >= 0.3 is 0 Å². The van der Waals surface area contributed by atoms with Crippen molar-refractivity contribution >= 4 is 29.1 Å². The van der Waals surface area contributed by atoms with Gasteiger partial charge in [0.15, 0.2) is 0 Å². The van der Waals surface area contributed by atoms with E-state index < -0.39 is 11.8 Å². The largest absolute Gasteiger partial charge is 0.457 e. The minimum Gasteiger partial charge on any atom is -0.457 e. The number of imide groups is 1. The third kappa shape index (κ3) is 4.60. The number of amides is 3. The topological polar surface area (TPSA) is 84.9 Å². The second kappa shape index (κ2) is 9.15. The molecule has 5 rings (SSSR count). The zero-order valence-corrected chi connectivity index (χ0v) is 18.7. The second-order valence-corrected chi connectivity index (χ2v) is 7.87. The molecule has 172 valence electrons. The Bertz CT molecular complexity index is 1410. The number of hydrogen-bond acceptors (Lipinski definition) is 5. The molecule has 1 heterocycles. The van der Waals surface area contributed by atoms with Gasteiger partial charge < -0.3 is 14.8 Å². The predicted octanol–water partition coefficient (Wildman–Crippen LogP) is 6.03. The number of hydrogen-bond donors (Lipinski definition) is 1. The van der Waals surface area contributed by atoms with Crippen LogP contribution in [0.5, 0.6) is 23.0 Å². The van der Waals surface area contributed by atoms with Gasteiger partial charge in [-0.15, -0.1) is 0 Å². The molecule has 0 atom stereocenters. The minimum atomic E-state index is -0.423. The van der Waals surface area contributed by atoms with Crippen LogP contribution in [0.3, 0.4) is 0 Å². The first-order chi connectivity index (χ1) is 17.0. The highest BCUT2D eigenvalue weighted by Crippen LogP contribution is 2.33. The van der Waals surface area contributed by atoms with Crippen LogP contribution >= 0.6 is 0 Å². The Kier molecular flexibility index (Phi) is 5.73. The van der Waals surface area contributed by atoms with E-state index in [1.807, 2.05) is 30.3 Å². The Morgan fingerprint density at radius 1 is 0.657 bits per heavy atom. The van der Waals surface area contributed by atoms with Crippen LogP contribution in [-0.2, 0) is 4.79 Å². The number of rotatable bonds is 6. The van der Waals surface area contributed by atoms with Crippen molar-refractivity contribution in [1.82, 2.24) is 0 Å². The van der Waals surface area contributed by atoms with Crippen molar-refractivity contribution in [2.45, 2.75) is 6.92 Å². The zero-order valence-electron chi connectivity index (χ0n) is 18.7. The average molecular weight is 464 g/mol. The van der Waals surface area contributed by atoms with Gasteiger partial charge in [0.05, 0.1) is 16.8 Å². The fraction of sp³-hybridized carbons (Fsp3) is 0.0357. The van der Waals surface area contributed by atoms with E-state index in [1.54, 1.807) is 66.7 Å². The summed E-state index contributed by atoms with van der Waals surface area (Å²) < 4.78 is 11.6. The van der Waals surface area contributed by atoms with Crippen LogP contribution in [0.2, 0.25) is 0 Å². The van der Waals surface area contributed by atoms with Crippen molar-refractivity contribution in [2.75, 3.05) is 10.2 Å². The van der Waals surface area contributed by atoms with E-state index in [-0.39, 0.29) is 11.5 Å². The molecule has 4 aromatic carbocycles. The van der Waals surface area contributed by atoms with Crippen LogP contribution in [0.4, 0.5) is 11.4 Å². The van der Waals surface area contributed by atoms with Gasteiger partial charge in [0.25, 0.3) is 11.8 Å². The first-order valence-corrected chi connectivity index (χ1v) is 10.9. The molecule has 1 N–H and O–H groups in total. The third-order valence-electron chi connectivity index (χ3n) is 5.34. The zero-order chi connectivity index (χ0) is 24.4. The summed E-state index contributed by atoms with van der Waals surface area (Å²) in [5, 5.41) is 2.69. The Morgan fingerprint density at radius 3 is 1.86 bits per heavy atom. The van der Waals surface area contributed by atoms with Crippen molar-refractivity contribution in [1.29, 1.82) is 0 Å². The summed E-state index contributed by atoms with van der Waals surface area (Å²) >= 11 is 0. The van der Waals surface area contributed by atoms with E-state index in [0.717, 1.165) is 4.90 Å². The molecule has 0 aromatic heterocycles. The molecule has 0 radical (unpaired) electrons. The lowest BCUT2D eigenvalue weighted by molar-refractivity contribution is -0.114. The van der Waals surface area contributed by atoms with Gasteiger partial charge in [0.1, 0.15) is 23.0 Å². The fourth-order valence-corrected chi connectivity index (χ4v) is 3.75. The summed E-state index contributed by atoms with van der Waals surface area (Å²) in [4.78, 5) is 38.4. The summed E-state index contributed by atoms with van der Waals surface area (Å²) in [6.45, 7) is 1.43. The lowest BCUT2D eigenvalue weighted by Crippen LogP contribution is -2.29. The minimum absolute atomic E-state index is 0.164. The maximum atomic E-state index is 13.1. The summed E-state index contributed by atoms with van der Waals surface area (Å²) in [5.74, 6) is 1.26. The van der Waals surface area contributed by atoms with Gasteiger partial charge in [-0.1, -0.05) is 18.2 Å². The first-order valence-electron chi connectivity index (χ1n) is 10.9. The maximum absolute atomic E-state index is 13.1. The van der Waals surface area contributed by atoms with Crippen molar-refractivity contribution < 1.29 is 23.9 Å². The lowest BCUT2D eigenvalue weighted by Gasteiger charge is -2.14. The molecular weight excluding hydrogens is 444 g/mol. The summed E-state index contributed by atoms with van der Waals surface area (Å²) in [7, 11) is 0. The summed E-state index contributed by atoms with van der Waals surface area (Å²) in [6.07, 6.45) is 0. The molecule has 7 heteroatoms. The molecule has 0 spiro atoms. The molecule has 0 saturated heterocycles. The van der Waals surface area contributed by atoms with Crippen LogP contribution in [0, 0.1) is 0 Å². The molecular formula is C28H20N2O5. The molecule has 3 amide bonds. The summed E-state index contributed by atoms with van der Waals surface area (Å²) in [6, 6.07) is 27.7. The van der Waals surface area contributed by atoms with Crippen LogP contribution in [0.15, 0.2) is 97.1 Å². The normalized spacial score (nSPS) is 12.3. The third-order valence-corrected chi connectivity index (χ3v) is 5.34. The molecule has 0 fully saturated rings. The fourth-order valence-electron chi connectivity index (χ4n) is 3.75. The highest BCUT2D eigenvalue weighted by atomic mass is 16.5. The number of benzene rings is 4. The quantitative estimate of drug-likeness (QED) is 0.352. The van der Waals surface area contributed by atoms with Gasteiger partial charge in [-0.05, 0) is 78.9 Å². The predicted molar refractivity (Wildman–Crippen MR) is 131 cm³/mol. The van der Waals surface area contributed by atoms with Crippen molar-refractivity contribution in [2.24, 2.45) is 0 Å². The van der Waals surface area contributed by atoms with E-state index in [2.05, 4.69) is 5.32 Å². The summed E-state index contributed by atoms with van der Waals surface area (Å²) in [5.41, 5.74) is 1.68. The Hall–Kier alpha value is -4.91. The molecule has 35 heavy (non-hydrogen) atoms. The van der Waals surface area contributed by atoms with E-state index in [9.17, 15) is 14.4 Å². The average Bonchev–Trinajstić information content (AvgIpc) is 3.10. The number of ether oxygens (including phenoxy) is 2. The standard InChI is InChI=1S/C28H20N2O5/c1-18(31)29-19-7-11-22(12-8-19)35-24-15-16-25-26(17-24)28(33)30(27(25)32)20-9-13-23(14-10-20)34-21-5-3-2-4-6-21/h2-17H,1H3,(H,29,31). The monoisotopic (exact) mass is 464 g/mol. The molecule has 0 unspecified atom stereocenters. The Labute approximate surface area is 201 Å². The molecule has 7 nitrogen and oxygen atoms in total. The Balaban J connectivity index is 1.32. The molecule has 1 aliphatic rings. The molecule has 0 saturated carbocycles. The van der Waals surface area contributed by atoms with E-state index >= 15 is 0 Å². The van der Waals surface area contributed by atoms with Crippen LogP contribution in [-0.4, -0.2) is 17.7 Å². The SMILES string of the molecule is CC(=O)Nc1ccc(Oc2ccc3c(c2)C(=O)N(c2ccc(Oc4ccccc4)cc2)C3=O)cc1. The number of carbonyl (C=O) groups is 3. The van der Waals surface area contributed by atoms with Crippen LogP contribution in [0.25, 0.3) is 0 Å². The van der Waals surface area contributed by atoms with Gasteiger partial charge in [0.2, 0.25) is 5.91 Å². The van der Waals surface area contributed by atoms with Gasteiger partial charge in [-0.2, -0.15) is 0 Å².